The number of nitrogens with one attached hydrogen (secondary N) is 1. The number of amides is 1. The molecular weight excluding hydrogens is 350 g/mol. The lowest BCUT2D eigenvalue weighted by Gasteiger charge is -2.32. The second kappa shape index (κ2) is 9.48. The normalized spacial score (nSPS) is 18.8. The molecule has 26 heavy (non-hydrogen) atoms. The molecule has 0 spiro atoms. The summed E-state index contributed by atoms with van der Waals surface area (Å²) in [5, 5.41) is 2.88. The van der Waals surface area contributed by atoms with E-state index in [0.29, 0.717) is 18.7 Å². The molecule has 1 N–H and O–H groups in total. The van der Waals surface area contributed by atoms with Gasteiger partial charge in [0, 0.05) is 31.2 Å². The Bertz CT molecular complexity index is 702. The topological polar surface area (TPSA) is 69.7 Å². The molecule has 1 saturated heterocycles. The molecule has 1 fully saturated rings. The van der Waals surface area contributed by atoms with Crippen LogP contribution in [0.4, 0.5) is 0 Å². The Balaban J connectivity index is 2.08. The summed E-state index contributed by atoms with van der Waals surface area (Å²) in [6.45, 7) is 9.86. The standard InChI is InChI=1S/C19H31N3O3S/c1-4-21(5-2)14-12-20-19(23)17-10-8-11-18(15-17)26(24,25)22-13-7-6-9-16(22)3/h8,10-11,15-16H,4-7,9,12-14H2,1-3H3,(H,20,23). The smallest absolute Gasteiger partial charge is 0.251 e. The van der Waals surface area contributed by atoms with Gasteiger partial charge in [0.25, 0.3) is 5.91 Å². The molecule has 146 valence electrons. The van der Waals surface area contributed by atoms with E-state index in [-0.39, 0.29) is 16.8 Å². The van der Waals surface area contributed by atoms with E-state index in [9.17, 15) is 13.2 Å². The Labute approximate surface area is 157 Å². The van der Waals surface area contributed by atoms with Gasteiger partial charge in [-0.1, -0.05) is 26.3 Å². The summed E-state index contributed by atoms with van der Waals surface area (Å²) in [6, 6.07) is 6.36. The molecule has 2 rings (SSSR count). The number of carbonyl (C=O) groups excluding carboxylic acids is 1. The maximum atomic E-state index is 12.9. The van der Waals surface area contributed by atoms with E-state index in [2.05, 4.69) is 24.1 Å². The molecule has 1 aliphatic heterocycles. The molecule has 1 aromatic carbocycles. The number of hydrogen-bond acceptors (Lipinski definition) is 4. The van der Waals surface area contributed by atoms with Gasteiger partial charge in [-0.05, 0) is 51.1 Å². The maximum absolute atomic E-state index is 12.9. The highest BCUT2D eigenvalue weighted by Gasteiger charge is 2.31. The summed E-state index contributed by atoms with van der Waals surface area (Å²) in [4.78, 5) is 14.8. The van der Waals surface area contributed by atoms with Gasteiger partial charge in [-0.3, -0.25) is 4.79 Å². The third-order valence-corrected chi connectivity index (χ3v) is 7.06. The Morgan fingerprint density at radius 1 is 1.27 bits per heavy atom. The highest BCUT2D eigenvalue weighted by Crippen LogP contribution is 2.25. The number of sulfonamides is 1. The molecule has 0 bridgehead atoms. The third-order valence-electron chi connectivity index (χ3n) is 5.05. The lowest BCUT2D eigenvalue weighted by atomic mass is 10.1. The average molecular weight is 382 g/mol. The van der Waals surface area contributed by atoms with Gasteiger partial charge < -0.3 is 10.2 Å². The van der Waals surface area contributed by atoms with Crippen LogP contribution in [0.3, 0.4) is 0 Å². The lowest BCUT2D eigenvalue weighted by Crippen LogP contribution is -2.42. The van der Waals surface area contributed by atoms with Crippen molar-refractivity contribution in [3.05, 3.63) is 29.8 Å². The van der Waals surface area contributed by atoms with E-state index in [1.807, 2.05) is 6.92 Å². The summed E-state index contributed by atoms with van der Waals surface area (Å²) in [5.41, 5.74) is 0.385. The maximum Gasteiger partial charge on any atom is 0.251 e. The first kappa shape index (κ1) is 20.9. The fraction of sp³-hybridized carbons (Fsp3) is 0.632. The number of piperidine rings is 1. The summed E-state index contributed by atoms with van der Waals surface area (Å²) < 4.78 is 27.4. The summed E-state index contributed by atoms with van der Waals surface area (Å²) in [6.07, 6.45) is 2.82. The Kier molecular flexibility index (Phi) is 7.61. The fourth-order valence-corrected chi connectivity index (χ4v) is 5.08. The van der Waals surface area contributed by atoms with Crippen molar-refractivity contribution in [1.29, 1.82) is 0 Å². The molecule has 1 amide bonds. The van der Waals surface area contributed by atoms with Crippen LogP contribution in [0.2, 0.25) is 0 Å². The number of carbonyl (C=O) groups is 1. The van der Waals surface area contributed by atoms with Crippen LogP contribution < -0.4 is 5.32 Å². The second-order valence-corrected chi connectivity index (χ2v) is 8.66. The monoisotopic (exact) mass is 381 g/mol. The van der Waals surface area contributed by atoms with Gasteiger partial charge in [0.2, 0.25) is 10.0 Å². The lowest BCUT2D eigenvalue weighted by molar-refractivity contribution is 0.0948. The third kappa shape index (κ3) is 5.05. The number of hydrogen-bond donors (Lipinski definition) is 1. The molecule has 0 radical (unpaired) electrons. The molecule has 6 nitrogen and oxygen atoms in total. The molecule has 7 heteroatoms. The number of likely N-dealkylation sites (N-methyl/N-ethyl adjacent to an activating group) is 1. The number of benzene rings is 1. The highest BCUT2D eigenvalue weighted by atomic mass is 32.2. The van der Waals surface area contributed by atoms with Crippen LogP contribution in [0.5, 0.6) is 0 Å². The molecule has 0 saturated carbocycles. The van der Waals surface area contributed by atoms with Gasteiger partial charge in [0.15, 0.2) is 0 Å². The minimum Gasteiger partial charge on any atom is -0.351 e. The first-order valence-corrected chi connectivity index (χ1v) is 11.0. The van der Waals surface area contributed by atoms with Crippen LogP contribution in [0.1, 0.15) is 50.4 Å². The molecular formula is C19H31N3O3S. The van der Waals surface area contributed by atoms with Gasteiger partial charge >= 0.3 is 0 Å². The van der Waals surface area contributed by atoms with E-state index < -0.39 is 10.0 Å². The van der Waals surface area contributed by atoms with Crippen molar-refractivity contribution in [2.75, 3.05) is 32.7 Å². The number of nitrogens with zero attached hydrogens (tertiary/aromatic N) is 2. The van der Waals surface area contributed by atoms with E-state index in [1.54, 1.807) is 22.5 Å². The van der Waals surface area contributed by atoms with Crippen molar-refractivity contribution >= 4 is 15.9 Å². The van der Waals surface area contributed by atoms with Gasteiger partial charge in [0.05, 0.1) is 4.90 Å². The molecule has 1 heterocycles. The van der Waals surface area contributed by atoms with Crippen LogP contribution in [0, 0.1) is 0 Å². The summed E-state index contributed by atoms with van der Waals surface area (Å²) in [5.74, 6) is -0.235. The molecule has 1 atom stereocenters. The first-order valence-electron chi connectivity index (χ1n) is 9.52. The van der Waals surface area contributed by atoms with Crippen molar-refractivity contribution in [3.8, 4) is 0 Å². The number of rotatable bonds is 8. The first-order chi connectivity index (χ1) is 12.4. The van der Waals surface area contributed by atoms with Crippen LogP contribution in [0.25, 0.3) is 0 Å². The fourth-order valence-electron chi connectivity index (χ4n) is 3.33. The van der Waals surface area contributed by atoms with E-state index >= 15 is 0 Å². The van der Waals surface area contributed by atoms with Crippen molar-refractivity contribution in [2.24, 2.45) is 0 Å². The van der Waals surface area contributed by atoms with Crippen LogP contribution in [-0.4, -0.2) is 62.3 Å². The van der Waals surface area contributed by atoms with Crippen molar-refractivity contribution in [3.63, 3.8) is 0 Å². The van der Waals surface area contributed by atoms with Crippen LogP contribution in [0.15, 0.2) is 29.2 Å². The zero-order chi connectivity index (χ0) is 19.2. The van der Waals surface area contributed by atoms with Gasteiger partial charge in [0.1, 0.15) is 0 Å². The van der Waals surface area contributed by atoms with Crippen molar-refractivity contribution in [1.82, 2.24) is 14.5 Å². The SMILES string of the molecule is CCN(CC)CCNC(=O)c1cccc(S(=O)(=O)N2CCCCC2C)c1. The van der Waals surface area contributed by atoms with E-state index in [1.165, 1.54) is 6.07 Å². The zero-order valence-corrected chi connectivity index (χ0v) is 16.9. The molecule has 1 aromatic rings. The molecule has 1 unspecified atom stereocenters. The van der Waals surface area contributed by atoms with Gasteiger partial charge in [-0.15, -0.1) is 0 Å². The highest BCUT2D eigenvalue weighted by molar-refractivity contribution is 7.89. The zero-order valence-electron chi connectivity index (χ0n) is 16.1. The quantitative estimate of drug-likeness (QED) is 0.750. The van der Waals surface area contributed by atoms with Crippen LogP contribution in [-0.2, 0) is 10.0 Å². The molecule has 0 aromatic heterocycles. The largest absolute Gasteiger partial charge is 0.351 e. The van der Waals surface area contributed by atoms with Gasteiger partial charge in [-0.25, -0.2) is 8.42 Å². The molecule has 0 aliphatic carbocycles. The summed E-state index contributed by atoms with van der Waals surface area (Å²) in [7, 11) is -3.56. The van der Waals surface area contributed by atoms with Crippen molar-refractivity contribution in [2.45, 2.75) is 51.0 Å². The predicted octanol–water partition coefficient (Wildman–Crippen LogP) is 2.32. The van der Waals surface area contributed by atoms with Gasteiger partial charge in [-0.2, -0.15) is 4.31 Å². The summed E-state index contributed by atoms with van der Waals surface area (Å²) >= 11 is 0. The van der Waals surface area contributed by atoms with E-state index in [4.69, 9.17) is 0 Å². The predicted molar refractivity (Wildman–Crippen MR) is 104 cm³/mol. The molecule has 1 aliphatic rings. The second-order valence-electron chi connectivity index (χ2n) is 6.77. The van der Waals surface area contributed by atoms with Crippen molar-refractivity contribution < 1.29 is 13.2 Å². The Morgan fingerprint density at radius 3 is 2.65 bits per heavy atom. The minimum atomic E-state index is -3.56. The van der Waals surface area contributed by atoms with E-state index in [0.717, 1.165) is 38.9 Å². The Hall–Kier alpha value is -1.44. The Morgan fingerprint density at radius 2 is 2.00 bits per heavy atom. The average Bonchev–Trinajstić information content (AvgIpc) is 2.65. The van der Waals surface area contributed by atoms with Crippen LogP contribution >= 0.6 is 0 Å². The minimum absolute atomic E-state index is 0.000281.